The van der Waals surface area contributed by atoms with Crippen LogP contribution in [0, 0.1) is 0 Å². The fraction of sp³-hybridized carbons (Fsp3) is 0.118. The standard InChI is InChI=1S/C17H13N5OS/c1-22(11-4-5-13-14(9-11)19-8-7-18-13)17-21-15(10-23)12-3-2-6-20-16(12)24-17/h2-10,15H,1H3. The van der Waals surface area contributed by atoms with Crippen molar-refractivity contribution in [3.8, 4) is 0 Å². The highest BCUT2D eigenvalue weighted by Crippen LogP contribution is 2.35. The minimum absolute atomic E-state index is 0.521. The Balaban J connectivity index is 1.72. The molecule has 4 rings (SSSR count). The molecule has 1 aliphatic heterocycles. The number of benzene rings is 1. The van der Waals surface area contributed by atoms with Gasteiger partial charge in [0.25, 0.3) is 0 Å². The molecule has 2 aromatic heterocycles. The maximum absolute atomic E-state index is 11.4. The van der Waals surface area contributed by atoms with Crippen LogP contribution in [0.4, 0.5) is 5.69 Å². The van der Waals surface area contributed by atoms with E-state index in [0.717, 1.165) is 38.8 Å². The zero-order valence-corrected chi connectivity index (χ0v) is 13.6. The molecule has 118 valence electrons. The summed E-state index contributed by atoms with van der Waals surface area (Å²) in [6.45, 7) is 0. The second kappa shape index (κ2) is 6.01. The third kappa shape index (κ3) is 2.52. The highest BCUT2D eigenvalue weighted by atomic mass is 32.2. The monoisotopic (exact) mass is 335 g/mol. The summed E-state index contributed by atoms with van der Waals surface area (Å²) in [6, 6.07) is 9.03. The number of thioether (sulfide) groups is 1. The van der Waals surface area contributed by atoms with E-state index >= 15 is 0 Å². The number of nitrogens with zero attached hydrogens (tertiary/aromatic N) is 5. The highest BCUT2D eigenvalue weighted by molar-refractivity contribution is 8.14. The number of carbonyl (C=O) groups is 1. The number of aromatic nitrogens is 3. The van der Waals surface area contributed by atoms with Crippen LogP contribution in [0.2, 0.25) is 0 Å². The first-order chi connectivity index (χ1) is 11.8. The summed E-state index contributed by atoms with van der Waals surface area (Å²) in [5, 5.41) is 1.54. The van der Waals surface area contributed by atoms with Crippen molar-refractivity contribution < 1.29 is 4.79 Å². The molecule has 0 N–H and O–H groups in total. The molecular formula is C17H13N5OS. The number of hydrogen-bond acceptors (Lipinski definition) is 7. The zero-order valence-electron chi connectivity index (χ0n) is 12.8. The molecule has 0 aliphatic carbocycles. The van der Waals surface area contributed by atoms with Crippen LogP contribution in [0.3, 0.4) is 0 Å². The second-order valence-corrected chi connectivity index (χ2v) is 6.24. The molecule has 1 atom stereocenters. The first-order valence-corrected chi connectivity index (χ1v) is 8.18. The molecule has 6 nitrogen and oxygen atoms in total. The van der Waals surface area contributed by atoms with Gasteiger partial charge >= 0.3 is 0 Å². The van der Waals surface area contributed by atoms with Crippen LogP contribution in [-0.2, 0) is 4.79 Å². The van der Waals surface area contributed by atoms with Gasteiger partial charge in [0.2, 0.25) is 0 Å². The van der Waals surface area contributed by atoms with E-state index in [4.69, 9.17) is 0 Å². The van der Waals surface area contributed by atoms with Crippen LogP contribution in [0.5, 0.6) is 0 Å². The minimum Gasteiger partial charge on any atom is -0.324 e. The van der Waals surface area contributed by atoms with Gasteiger partial charge in [-0.2, -0.15) is 0 Å². The fourth-order valence-corrected chi connectivity index (χ4v) is 3.55. The van der Waals surface area contributed by atoms with Gasteiger partial charge in [-0.05, 0) is 36.0 Å². The van der Waals surface area contributed by atoms with Gasteiger partial charge in [0.05, 0.1) is 11.0 Å². The third-order valence-electron chi connectivity index (χ3n) is 3.81. The molecule has 0 spiro atoms. The lowest BCUT2D eigenvalue weighted by atomic mass is 10.1. The molecule has 0 radical (unpaired) electrons. The van der Waals surface area contributed by atoms with Gasteiger partial charge in [-0.25, -0.2) is 9.98 Å². The van der Waals surface area contributed by atoms with Crippen molar-refractivity contribution in [1.29, 1.82) is 0 Å². The number of aliphatic imine (C=N–C) groups is 1. The van der Waals surface area contributed by atoms with E-state index in [9.17, 15) is 4.79 Å². The van der Waals surface area contributed by atoms with Gasteiger partial charge < -0.3 is 9.69 Å². The highest BCUT2D eigenvalue weighted by Gasteiger charge is 2.25. The van der Waals surface area contributed by atoms with E-state index in [1.165, 1.54) is 11.8 Å². The van der Waals surface area contributed by atoms with E-state index in [0.29, 0.717) is 0 Å². The average Bonchev–Trinajstić information content (AvgIpc) is 2.66. The summed E-state index contributed by atoms with van der Waals surface area (Å²) in [6.07, 6.45) is 5.91. The number of hydrogen-bond donors (Lipinski definition) is 0. The number of amidine groups is 1. The average molecular weight is 335 g/mol. The van der Waals surface area contributed by atoms with Crippen molar-refractivity contribution in [2.45, 2.75) is 11.1 Å². The lowest BCUT2D eigenvalue weighted by Gasteiger charge is -2.26. The van der Waals surface area contributed by atoms with Crippen molar-refractivity contribution in [3.05, 3.63) is 54.5 Å². The lowest BCUT2D eigenvalue weighted by molar-refractivity contribution is -0.109. The molecule has 7 heteroatoms. The number of rotatable bonds is 2. The maximum atomic E-state index is 11.4. The number of pyridine rings is 1. The predicted molar refractivity (Wildman–Crippen MR) is 94.3 cm³/mol. The first kappa shape index (κ1) is 14.8. The number of anilines is 1. The van der Waals surface area contributed by atoms with Crippen LogP contribution >= 0.6 is 11.8 Å². The summed E-state index contributed by atoms with van der Waals surface area (Å²) in [7, 11) is 1.92. The number of aldehydes is 1. The lowest BCUT2D eigenvalue weighted by Crippen LogP contribution is -2.27. The summed E-state index contributed by atoms with van der Waals surface area (Å²) in [5.74, 6) is 0. The Kier molecular flexibility index (Phi) is 3.70. The van der Waals surface area contributed by atoms with Gasteiger partial charge in [-0.15, -0.1) is 0 Å². The molecule has 1 aliphatic rings. The number of fused-ring (bicyclic) bond motifs is 2. The molecule has 0 bridgehead atoms. The van der Waals surface area contributed by atoms with E-state index in [-0.39, 0.29) is 0 Å². The fourth-order valence-electron chi connectivity index (χ4n) is 2.54. The van der Waals surface area contributed by atoms with E-state index < -0.39 is 6.04 Å². The normalized spacial score (nSPS) is 16.4. The molecule has 24 heavy (non-hydrogen) atoms. The molecule has 1 unspecified atom stereocenters. The van der Waals surface area contributed by atoms with E-state index in [1.807, 2.05) is 42.3 Å². The van der Waals surface area contributed by atoms with Crippen LogP contribution < -0.4 is 4.90 Å². The minimum atomic E-state index is -0.521. The van der Waals surface area contributed by atoms with E-state index in [1.54, 1.807) is 18.6 Å². The Morgan fingerprint density at radius 2 is 1.92 bits per heavy atom. The third-order valence-corrected chi connectivity index (χ3v) is 4.91. The van der Waals surface area contributed by atoms with Crippen molar-refractivity contribution >= 4 is 39.9 Å². The molecule has 0 saturated heterocycles. The largest absolute Gasteiger partial charge is 0.324 e. The Morgan fingerprint density at radius 1 is 1.08 bits per heavy atom. The summed E-state index contributed by atoms with van der Waals surface area (Å²) < 4.78 is 0. The topological polar surface area (TPSA) is 71.3 Å². The van der Waals surface area contributed by atoms with Crippen molar-refractivity contribution in [3.63, 3.8) is 0 Å². The van der Waals surface area contributed by atoms with Crippen molar-refractivity contribution in [2.24, 2.45) is 4.99 Å². The first-order valence-electron chi connectivity index (χ1n) is 7.36. The Morgan fingerprint density at radius 3 is 2.75 bits per heavy atom. The van der Waals surface area contributed by atoms with Crippen LogP contribution in [-0.4, -0.2) is 33.5 Å². The summed E-state index contributed by atoms with van der Waals surface area (Å²) >= 11 is 1.45. The molecule has 0 fully saturated rings. The molecular weight excluding hydrogens is 322 g/mol. The van der Waals surface area contributed by atoms with Crippen molar-refractivity contribution in [2.75, 3.05) is 11.9 Å². The maximum Gasteiger partial charge on any atom is 0.170 e. The SMILES string of the molecule is CN(C1=NC(C=O)c2cccnc2S1)c1ccc2nccnc2c1. The van der Waals surface area contributed by atoms with Gasteiger partial charge in [-0.3, -0.25) is 9.97 Å². The summed E-state index contributed by atoms with van der Waals surface area (Å²) in [4.78, 5) is 30.9. The van der Waals surface area contributed by atoms with Crippen LogP contribution in [0.25, 0.3) is 11.0 Å². The van der Waals surface area contributed by atoms with Gasteiger partial charge in [0, 0.05) is 36.9 Å². The zero-order chi connectivity index (χ0) is 16.5. The Bertz CT molecular complexity index is 958. The van der Waals surface area contributed by atoms with Crippen LogP contribution in [0.1, 0.15) is 11.6 Å². The van der Waals surface area contributed by atoms with Crippen molar-refractivity contribution in [1.82, 2.24) is 15.0 Å². The van der Waals surface area contributed by atoms with E-state index in [2.05, 4.69) is 19.9 Å². The number of carbonyl (C=O) groups excluding carboxylic acids is 1. The van der Waals surface area contributed by atoms with Gasteiger partial charge in [0.15, 0.2) is 5.17 Å². The smallest absolute Gasteiger partial charge is 0.170 e. The second-order valence-electron chi connectivity index (χ2n) is 5.28. The summed E-state index contributed by atoms with van der Waals surface area (Å²) in [5.41, 5.74) is 3.43. The Hall–Kier alpha value is -2.80. The molecule has 0 saturated carbocycles. The van der Waals surface area contributed by atoms with Gasteiger partial charge in [0.1, 0.15) is 17.4 Å². The predicted octanol–water partition coefficient (Wildman–Crippen LogP) is 2.86. The molecule has 3 heterocycles. The van der Waals surface area contributed by atoms with Crippen LogP contribution in [0.15, 0.2) is 58.9 Å². The molecule has 1 aromatic carbocycles. The molecule has 3 aromatic rings. The molecule has 0 amide bonds. The Labute approximate surface area is 142 Å². The van der Waals surface area contributed by atoms with Gasteiger partial charge in [-0.1, -0.05) is 6.07 Å². The quantitative estimate of drug-likeness (QED) is 0.671.